The Bertz CT molecular complexity index is 1490. The monoisotopic (exact) mass is 551 g/mol. The van der Waals surface area contributed by atoms with Crippen LogP contribution in [0, 0.1) is 11.3 Å². The number of hydrogen-bond acceptors (Lipinski definition) is 7. The van der Waals surface area contributed by atoms with Gasteiger partial charge in [-0.15, -0.1) is 11.3 Å². The van der Waals surface area contributed by atoms with E-state index < -0.39 is 5.91 Å². The Balaban J connectivity index is 1.30. The summed E-state index contributed by atoms with van der Waals surface area (Å²) in [6.45, 7) is 0.435. The molecule has 1 aliphatic rings. The number of anilines is 2. The molecule has 40 heavy (non-hydrogen) atoms. The van der Waals surface area contributed by atoms with Crippen LogP contribution in [-0.4, -0.2) is 34.0 Å². The first-order valence-corrected chi connectivity index (χ1v) is 14.0. The normalized spacial score (nSPS) is 16.5. The van der Waals surface area contributed by atoms with Crippen LogP contribution in [0.4, 0.5) is 16.3 Å². The van der Waals surface area contributed by atoms with Crippen LogP contribution in [0.5, 0.6) is 0 Å². The zero-order chi connectivity index (χ0) is 27.9. The van der Waals surface area contributed by atoms with Crippen molar-refractivity contribution in [2.75, 3.05) is 10.2 Å². The number of aromatic nitrogens is 2. The summed E-state index contributed by atoms with van der Waals surface area (Å²) in [5.41, 5.74) is 8.81. The Kier molecular flexibility index (Phi) is 8.32. The molecular formula is C30H29N7O2S. The summed E-state index contributed by atoms with van der Waals surface area (Å²) >= 11 is 1.36. The number of carbonyl (C=O) groups excluding carboxylic acids is 2. The van der Waals surface area contributed by atoms with Crippen molar-refractivity contribution in [3.05, 3.63) is 95.1 Å². The number of nitriles is 1. The van der Waals surface area contributed by atoms with Crippen molar-refractivity contribution in [1.29, 1.82) is 5.26 Å². The lowest BCUT2D eigenvalue weighted by atomic mass is 9.89. The van der Waals surface area contributed by atoms with Crippen molar-refractivity contribution < 1.29 is 9.59 Å². The predicted molar refractivity (Wildman–Crippen MR) is 156 cm³/mol. The average Bonchev–Trinajstić information content (AvgIpc) is 3.49. The molecule has 1 aliphatic carbocycles. The lowest BCUT2D eigenvalue weighted by molar-refractivity contribution is 0.0996. The van der Waals surface area contributed by atoms with Gasteiger partial charge in [0, 0.05) is 41.5 Å². The first-order valence-electron chi connectivity index (χ1n) is 13.1. The smallest absolute Gasteiger partial charge is 0.322 e. The number of nitrogens with two attached hydrogens (primary N) is 1. The van der Waals surface area contributed by atoms with Crippen molar-refractivity contribution >= 4 is 34.8 Å². The number of thiazole rings is 1. The zero-order valence-electron chi connectivity index (χ0n) is 21.8. The number of nitrogens with one attached hydrogen (secondary N) is 2. The largest absolute Gasteiger partial charge is 0.367 e. The van der Waals surface area contributed by atoms with Crippen molar-refractivity contribution in [2.24, 2.45) is 5.73 Å². The third kappa shape index (κ3) is 6.45. The van der Waals surface area contributed by atoms with Crippen LogP contribution in [0.25, 0.3) is 10.6 Å². The number of pyridine rings is 1. The van der Waals surface area contributed by atoms with E-state index in [4.69, 9.17) is 11.0 Å². The molecule has 5 rings (SSSR count). The number of carbonyl (C=O) groups is 2. The molecule has 10 heteroatoms. The Morgan fingerprint density at radius 3 is 2.40 bits per heavy atom. The molecule has 202 valence electrons. The number of hydrogen-bond donors (Lipinski definition) is 3. The summed E-state index contributed by atoms with van der Waals surface area (Å²) in [6, 6.07) is 23.3. The third-order valence-electron chi connectivity index (χ3n) is 6.96. The minimum absolute atomic E-state index is 0.0231. The van der Waals surface area contributed by atoms with Gasteiger partial charge in [0.15, 0.2) is 0 Å². The summed E-state index contributed by atoms with van der Waals surface area (Å²) in [4.78, 5) is 35.5. The molecule has 0 bridgehead atoms. The highest BCUT2D eigenvalue weighted by Gasteiger charge is 2.30. The van der Waals surface area contributed by atoms with Crippen molar-refractivity contribution in [3.63, 3.8) is 0 Å². The van der Waals surface area contributed by atoms with Gasteiger partial charge in [0.05, 0.1) is 5.56 Å². The molecule has 9 nitrogen and oxygen atoms in total. The molecule has 2 heterocycles. The van der Waals surface area contributed by atoms with Gasteiger partial charge in [-0.3, -0.25) is 9.69 Å². The Hall–Kier alpha value is -4.75. The molecule has 4 aromatic rings. The third-order valence-corrected chi connectivity index (χ3v) is 7.85. The fourth-order valence-corrected chi connectivity index (χ4v) is 5.68. The summed E-state index contributed by atoms with van der Waals surface area (Å²) < 4.78 is 0. The number of primary amides is 1. The molecule has 0 saturated heterocycles. The molecule has 2 aromatic carbocycles. The molecule has 0 unspecified atom stereocenters. The quantitative estimate of drug-likeness (QED) is 0.271. The molecule has 0 radical (unpaired) electrons. The van der Waals surface area contributed by atoms with E-state index >= 15 is 0 Å². The van der Waals surface area contributed by atoms with E-state index in [1.54, 1.807) is 17.6 Å². The van der Waals surface area contributed by atoms with Gasteiger partial charge in [-0.1, -0.05) is 30.3 Å². The van der Waals surface area contributed by atoms with Crippen LogP contribution in [0.3, 0.4) is 0 Å². The van der Waals surface area contributed by atoms with Crippen LogP contribution < -0.4 is 21.3 Å². The van der Waals surface area contributed by atoms with Gasteiger partial charge >= 0.3 is 6.03 Å². The maximum atomic E-state index is 13.6. The molecule has 2 aromatic heterocycles. The van der Waals surface area contributed by atoms with E-state index in [0.717, 1.165) is 48.3 Å². The van der Waals surface area contributed by atoms with Gasteiger partial charge in [0.1, 0.15) is 22.6 Å². The second-order valence-corrected chi connectivity index (χ2v) is 10.5. The van der Waals surface area contributed by atoms with Crippen molar-refractivity contribution in [1.82, 2.24) is 15.3 Å². The first kappa shape index (κ1) is 26.8. The van der Waals surface area contributed by atoms with E-state index in [9.17, 15) is 9.59 Å². The summed E-state index contributed by atoms with van der Waals surface area (Å²) in [5.74, 6) is 0.192. The summed E-state index contributed by atoms with van der Waals surface area (Å²) in [6.07, 6.45) is 4.96. The standard InChI is InChI=1S/C30H29N7O2S/c31-16-21-6-15-27(33-18-21)35-23-9-13-25(14-10-23)37(30(39)34-17-20-4-2-1-3-5-20)24-11-7-22(8-12-24)29-36-26(19-40-29)28(32)38/h1-8,11-12,15,18-19,23,25H,9-10,13-14,17H2,(H2,32,38)(H,33,35)(H,34,39)/t23-,25-. The fraction of sp³-hybridized carbons (Fsp3) is 0.233. The lowest BCUT2D eigenvalue weighted by Crippen LogP contribution is -2.48. The van der Waals surface area contributed by atoms with Gasteiger partial charge in [0.25, 0.3) is 5.91 Å². The minimum atomic E-state index is -0.555. The van der Waals surface area contributed by atoms with Crippen LogP contribution in [0.1, 0.15) is 47.3 Å². The minimum Gasteiger partial charge on any atom is -0.367 e. The van der Waals surface area contributed by atoms with E-state index in [0.29, 0.717) is 17.1 Å². The van der Waals surface area contributed by atoms with Crippen LogP contribution in [0.2, 0.25) is 0 Å². The maximum Gasteiger partial charge on any atom is 0.322 e. The highest BCUT2D eigenvalue weighted by atomic mass is 32.1. The van der Waals surface area contributed by atoms with Crippen LogP contribution in [-0.2, 0) is 6.54 Å². The van der Waals surface area contributed by atoms with Gasteiger partial charge in [-0.05, 0) is 67.6 Å². The summed E-state index contributed by atoms with van der Waals surface area (Å²) in [7, 11) is 0. The summed E-state index contributed by atoms with van der Waals surface area (Å²) in [5, 5.41) is 17.9. The van der Waals surface area contributed by atoms with Crippen molar-refractivity contribution in [3.8, 4) is 16.6 Å². The average molecular weight is 552 g/mol. The Labute approximate surface area is 236 Å². The molecular weight excluding hydrogens is 522 g/mol. The number of urea groups is 1. The fourth-order valence-electron chi connectivity index (χ4n) is 4.87. The van der Waals surface area contributed by atoms with E-state index in [2.05, 4.69) is 26.7 Å². The predicted octanol–water partition coefficient (Wildman–Crippen LogP) is 5.32. The van der Waals surface area contributed by atoms with E-state index in [-0.39, 0.29) is 23.8 Å². The number of benzene rings is 2. The Morgan fingerprint density at radius 1 is 1.02 bits per heavy atom. The molecule has 1 saturated carbocycles. The highest BCUT2D eigenvalue weighted by molar-refractivity contribution is 7.13. The van der Waals surface area contributed by atoms with Gasteiger partial charge in [-0.2, -0.15) is 5.26 Å². The van der Waals surface area contributed by atoms with Crippen LogP contribution in [0.15, 0.2) is 78.3 Å². The SMILES string of the molecule is N#Cc1ccc(N[C@H]2CC[C@H](N(C(=O)NCc3ccccc3)c3ccc(-c4nc(C(N)=O)cs4)cc3)CC2)nc1. The highest BCUT2D eigenvalue weighted by Crippen LogP contribution is 2.31. The lowest BCUT2D eigenvalue weighted by Gasteiger charge is -2.37. The molecule has 0 atom stereocenters. The van der Waals surface area contributed by atoms with E-state index in [1.165, 1.54) is 11.3 Å². The molecule has 1 fully saturated rings. The van der Waals surface area contributed by atoms with Crippen molar-refractivity contribution in [2.45, 2.75) is 44.3 Å². The number of amides is 3. The molecule has 3 amide bonds. The topological polar surface area (TPSA) is 137 Å². The van der Waals surface area contributed by atoms with E-state index in [1.807, 2.05) is 65.6 Å². The first-order chi connectivity index (χ1) is 19.5. The van der Waals surface area contributed by atoms with Crippen LogP contribution >= 0.6 is 11.3 Å². The van der Waals surface area contributed by atoms with Gasteiger partial charge in [-0.25, -0.2) is 14.8 Å². The van der Waals surface area contributed by atoms with Gasteiger partial charge < -0.3 is 16.4 Å². The molecule has 4 N–H and O–H groups in total. The van der Waals surface area contributed by atoms with Gasteiger partial charge in [0.2, 0.25) is 0 Å². The number of rotatable bonds is 8. The maximum absolute atomic E-state index is 13.6. The number of nitrogens with zero attached hydrogens (tertiary/aromatic N) is 4. The Morgan fingerprint density at radius 2 is 1.77 bits per heavy atom. The zero-order valence-corrected chi connectivity index (χ0v) is 22.6. The second kappa shape index (κ2) is 12.4. The molecule has 0 aliphatic heterocycles. The molecule has 0 spiro atoms. The second-order valence-electron chi connectivity index (χ2n) is 9.66.